The number of amides is 1. The summed E-state index contributed by atoms with van der Waals surface area (Å²) in [4.78, 5) is 36.7. The Morgan fingerprint density at radius 2 is 1.97 bits per heavy atom. The van der Waals surface area contributed by atoms with Gasteiger partial charge in [-0.15, -0.1) is 0 Å². The fourth-order valence-corrected chi connectivity index (χ4v) is 3.47. The molecule has 2 aromatic carbocycles. The van der Waals surface area contributed by atoms with Crippen molar-refractivity contribution in [3.63, 3.8) is 0 Å². The van der Waals surface area contributed by atoms with Crippen LogP contribution in [0.1, 0.15) is 29.7 Å². The average molecular weight is 417 g/mol. The van der Waals surface area contributed by atoms with E-state index >= 15 is 0 Å². The van der Waals surface area contributed by atoms with Crippen molar-refractivity contribution in [1.29, 1.82) is 0 Å². The molecule has 0 aliphatic carbocycles. The molecule has 2 N–H and O–H groups in total. The average Bonchev–Trinajstić information content (AvgIpc) is 3.22. The van der Waals surface area contributed by atoms with Gasteiger partial charge in [-0.05, 0) is 29.8 Å². The third kappa shape index (κ3) is 4.48. The first-order valence-electron chi connectivity index (χ1n) is 9.93. The first-order valence-corrected chi connectivity index (χ1v) is 9.93. The SMILES string of the molecule is COc1ccc(C(NC(=O)CCc2nc3ccccc3c(=O)[nH]2)c2nccn2C)cc1. The van der Waals surface area contributed by atoms with Crippen molar-refractivity contribution in [3.8, 4) is 5.75 Å². The molecule has 0 aliphatic heterocycles. The lowest BCUT2D eigenvalue weighted by molar-refractivity contribution is -0.121. The molecule has 0 saturated heterocycles. The maximum Gasteiger partial charge on any atom is 0.258 e. The van der Waals surface area contributed by atoms with E-state index in [-0.39, 0.29) is 17.9 Å². The topological polar surface area (TPSA) is 102 Å². The fraction of sp³-hybridized carbons (Fsp3) is 0.217. The molecule has 0 fully saturated rings. The summed E-state index contributed by atoms with van der Waals surface area (Å²) in [6.45, 7) is 0. The van der Waals surface area contributed by atoms with Crippen molar-refractivity contribution in [2.45, 2.75) is 18.9 Å². The molecule has 0 radical (unpaired) electrons. The van der Waals surface area contributed by atoms with E-state index in [4.69, 9.17) is 4.74 Å². The van der Waals surface area contributed by atoms with E-state index in [2.05, 4.69) is 20.3 Å². The zero-order chi connectivity index (χ0) is 21.8. The molecule has 1 unspecified atom stereocenters. The summed E-state index contributed by atoms with van der Waals surface area (Å²) < 4.78 is 7.10. The van der Waals surface area contributed by atoms with Crippen LogP contribution >= 0.6 is 0 Å². The van der Waals surface area contributed by atoms with Gasteiger partial charge in [-0.2, -0.15) is 0 Å². The minimum atomic E-state index is -0.415. The van der Waals surface area contributed by atoms with Crippen LogP contribution in [-0.4, -0.2) is 32.5 Å². The Morgan fingerprint density at radius 3 is 2.68 bits per heavy atom. The normalized spacial score (nSPS) is 11.9. The number of aromatic nitrogens is 4. The molecule has 0 spiro atoms. The van der Waals surface area contributed by atoms with E-state index < -0.39 is 6.04 Å². The van der Waals surface area contributed by atoms with Gasteiger partial charge in [0.1, 0.15) is 23.4 Å². The standard InChI is InChI=1S/C23H23N5O3/c1-28-14-13-24-22(28)21(15-7-9-16(31-2)10-8-15)27-20(29)12-11-19-25-18-6-4-3-5-17(18)23(30)26-19/h3-10,13-14,21H,11-12H2,1-2H3,(H,27,29)(H,25,26,30). The van der Waals surface area contributed by atoms with E-state index in [1.165, 1.54) is 0 Å². The minimum Gasteiger partial charge on any atom is -0.497 e. The van der Waals surface area contributed by atoms with Gasteiger partial charge < -0.3 is 19.6 Å². The van der Waals surface area contributed by atoms with Gasteiger partial charge in [0.2, 0.25) is 5.91 Å². The molecule has 8 heteroatoms. The minimum absolute atomic E-state index is 0.167. The number of carbonyl (C=O) groups is 1. The van der Waals surface area contributed by atoms with Crippen molar-refractivity contribution in [1.82, 2.24) is 24.8 Å². The predicted octanol–water partition coefficient (Wildman–Crippen LogP) is 2.50. The van der Waals surface area contributed by atoms with Gasteiger partial charge in [0.25, 0.3) is 5.56 Å². The number of aromatic amines is 1. The van der Waals surface area contributed by atoms with Crippen LogP contribution in [0.4, 0.5) is 0 Å². The van der Waals surface area contributed by atoms with Crippen LogP contribution in [0.15, 0.2) is 65.7 Å². The molecular formula is C23H23N5O3. The summed E-state index contributed by atoms with van der Waals surface area (Å²) in [6, 6.07) is 14.2. The first kappa shape index (κ1) is 20.3. The molecule has 158 valence electrons. The highest BCUT2D eigenvalue weighted by Crippen LogP contribution is 2.23. The number of methoxy groups -OCH3 is 1. The van der Waals surface area contributed by atoms with Gasteiger partial charge in [-0.3, -0.25) is 9.59 Å². The van der Waals surface area contributed by atoms with Gasteiger partial charge in [0, 0.05) is 32.3 Å². The molecule has 4 rings (SSSR count). The number of fused-ring (bicyclic) bond motifs is 1. The Hall–Kier alpha value is -3.94. The molecule has 1 atom stereocenters. The van der Waals surface area contributed by atoms with Crippen LogP contribution < -0.4 is 15.6 Å². The van der Waals surface area contributed by atoms with Crippen LogP contribution in [0.2, 0.25) is 0 Å². The number of carbonyl (C=O) groups excluding carboxylic acids is 1. The maximum atomic E-state index is 12.8. The second kappa shape index (κ2) is 8.83. The second-order valence-corrected chi connectivity index (χ2v) is 7.20. The van der Waals surface area contributed by atoms with Crippen LogP contribution in [0.5, 0.6) is 5.75 Å². The zero-order valence-electron chi connectivity index (χ0n) is 17.3. The number of aryl methyl sites for hydroxylation is 2. The van der Waals surface area contributed by atoms with E-state index in [0.717, 1.165) is 17.1 Å². The number of ether oxygens (including phenoxy) is 1. The van der Waals surface area contributed by atoms with E-state index in [1.807, 2.05) is 48.1 Å². The van der Waals surface area contributed by atoms with Gasteiger partial charge in [0.05, 0.1) is 18.0 Å². The summed E-state index contributed by atoms with van der Waals surface area (Å²) in [7, 11) is 3.49. The van der Waals surface area contributed by atoms with E-state index in [0.29, 0.717) is 23.1 Å². The Kier molecular flexibility index (Phi) is 5.79. The molecule has 31 heavy (non-hydrogen) atoms. The largest absolute Gasteiger partial charge is 0.497 e. The number of H-pyrrole nitrogens is 1. The number of nitrogens with one attached hydrogen (secondary N) is 2. The Labute approximate surface area is 178 Å². The smallest absolute Gasteiger partial charge is 0.258 e. The van der Waals surface area contributed by atoms with E-state index in [1.54, 1.807) is 31.5 Å². The van der Waals surface area contributed by atoms with Gasteiger partial charge in [-0.25, -0.2) is 9.97 Å². The number of imidazole rings is 1. The molecule has 4 aromatic rings. The van der Waals surface area contributed by atoms with Gasteiger partial charge >= 0.3 is 0 Å². The van der Waals surface area contributed by atoms with Crippen molar-refractivity contribution < 1.29 is 9.53 Å². The van der Waals surface area contributed by atoms with Crippen molar-refractivity contribution in [3.05, 3.63) is 88.5 Å². The van der Waals surface area contributed by atoms with Crippen LogP contribution in [0, 0.1) is 0 Å². The second-order valence-electron chi connectivity index (χ2n) is 7.20. The number of nitrogens with zero attached hydrogens (tertiary/aromatic N) is 3. The van der Waals surface area contributed by atoms with Crippen LogP contribution in [0.25, 0.3) is 10.9 Å². The first-order chi connectivity index (χ1) is 15.0. The summed E-state index contributed by atoms with van der Waals surface area (Å²) >= 11 is 0. The molecule has 1 amide bonds. The highest BCUT2D eigenvalue weighted by molar-refractivity contribution is 5.78. The molecular weight excluding hydrogens is 394 g/mol. The number of hydrogen-bond donors (Lipinski definition) is 2. The highest BCUT2D eigenvalue weighted by Gasteiger charge is 2.21. The van der Waals surface area contributed by atoms with Crippen LogP contribution in [0.3, 0.4) is 0 Å². The van der Waals surface area contributed by atoms with Crippen molar-refractivity contribution in [2.24, 2.45) is 7.05 Å². The molecule has 0 bridgehead atoms. The van der Waals surface area contributed by atoms with Crippen LogP contribution in [-0.2, 0) is 18.3 Å². The number of rotatable bonds is 7. The number of benzene rings is 2. The lowest BCUT2D eigenvalue weighted by atomic mass is 10.1. The predicted molar refractivity (Wildman–Crippen MR) is 117 cm³/mol. The molecule has 0 saturated carbocycles. The monoisotopic (exact) mass is 417 g/mol. The molecule has 8 nitrogen and oxygen atoms in total. The highest BCUT2D eigenvalue weighted by atomic mass is 16.5. The Bertz CT molecular complexity index is 1260. The van der Waals surface area contributed by atoms with Crippen molar-refractivity contribution in [2.75, 3.05) is 7.11 Å². The van der Waals surface area contributed by atoms with Crippen molar-refractivity contribution >= 4 is 16.8 Å². The quantitative estimate of drug-likeness (QED) is 0.481. The molecule has 0 aliphatic rings. The van der Waals surface area contributed by atoms with E-state index in [9.17, 15) is 9.59 Å². The van der Waals surface area contributed by atoms with Gasteiger partial charge in [0.15, 0.2) is 0 Å². The Balaban J connectivity index is 1.51. The lowest BCUT2D eigenvalue weighted by Crippen LogP contribution is -2.31. The lowest BCUT2D eigenvalue weighted by Gasteiger charge is -2.19. The Morgan fingerprint density at radius 1 is 1.19 bits per heavy atom. The third-order valence-electron chi connectivity index (χ3n) is 5.12. The summed E-state index contributed by atoms with van der Waals surface area (Å²) in [5.41, 5.74) is 1.30. The molecule has 2 heterocycles. The van der Waals surface area contributed by atoms with Gasteiger partial charge in [-0.1, -0.05) is 24.3 Å². The summed E-state index contributed by atoms with van der Waals surface area (Å²) in [6.07, 6.45) is 4.03. The fourth-order valence-electron chi connectivity index (χ4n) is 3.47. The number of hydrogen-bond acceptors (Lipinski definition) is 5. The maximum absolute atomic E-state index is 12.8. The summed E-state index contributed by atoms with van der Waals surface area (Å²) in [5.74, 6) is 1.77. The number of para-hydroxylation sites is 1. The molecule has 2 aromatic heterocycles. The third-order valence-corrected chi connectivity index (χ3v) is 5.12. The summed E-state index contributed by atoms with van der Waals surface area (Å²) in [5, 5.41) is 3.59. The zero-order valence-corrected chi connectivity index (χ0v) is 17.3.